The third kappa shape index (κ3) is 3.19. The van der Waals surface area contributed by atoms with Gasteiger partial charge in [-0.2, -0.15) is 0 Å². The number of ether oxygens (including phenoxy) is 1. The Balaban J connectivity index is 2.41. The molecule has 0 unspecified atom stereocenters. The lowest BCUT2D eigenvalue weighted by Crippen LogP contribution is -1.99. The van der Waals surface area contributed by atoms with Gasteiger partial charge in [0.1, 0.15) is 11.6 Å². The molecule has 0 amide bonds. The second-order valence-electron chi connectivity index (χ2n) is 4.55. The van der Waals surface area contributed by atoms with Gasteiger partial charge in [-0.05, 0) is 18.6 Å². The molecule has 112 valence electrons. The van der Waals surface area contributed by atoms with E-state index < -0.39 is 24.1 Å². The maximum atomic E-state index is 14.0. The molecule has 0 spiro atoms. The summed E-state index contributed by atoms with van der Waals surface area (Å²) in [6.45, 7) is 1.76. The fraction of sp³-hybridized carbons (Fsp3) is 0.250. The lowest BCUT2D eigenvalue weighted by atomic mass is 10.0. The summed E-state index contributed by atoms with van der Waals surface area (Å²) in [5.74, 6) is -2.70. The molecule has 5 heteroatoms. The first-order chi connectivity index (χ1) is 10.1. The largest absolute Gasteiger partial charge is 0.494 e. The van der Waals surface area contributed by atoms with Crippen molar-refractivity contribution < 1.29 is 23.0 Å². The summed E-state index contributed by atoms with van der Waals surface area (Å²) in [6.07, 6.45) is 0.784. The van der Waals surface area contributed by atoms with Gasteiger partial charge in [0.2, 0.25) is 0 Å². The van der Waals surface area contributed by atoms with Gasteiger partial charge in [0.25, 0.3) is 0 Å². The maximum absolute atomic E-state index is 14.0. The van der Waals surface area contributed by atoms with E-state index in [1.165, 1.54) is 24.3 Å². The molecular weight excluding hydrogens is 281 g/mol. The van der Waals surface area contributed by atoms with E-state index in [4.69, 9.17) is 9.84 Å². The lowest BCUT2D eigenvalue weighted by molar-refractivity contribution is 0.273. The molecule has 0 bridgehead atoms. The monoisotopic (exact) mass is 296 g/mol. The zero-order valence-corrected chi connectivity index (χ0v) is 11.5. The van der Waals surface area contributed by atoms with E-state index >= 15 is 0 Å². The summed E-state index contributed by atoms with van der Waals surface area (Å²) < 4.78 is 46.9. The van der Waals surface area contributed by atoms with E-state index in [-0.39, 0.29) is 16.7 Å². The molecule has 2 aromatic rings. The second kappa shape index (κ2) is 6.63. The van der Waals surface area contributed by atoms with E-state index in [9.17, 15) is 13.2 Å². The molecule has 0 aliphatic heterocycles. The number of halogens is 3. The van der Waals surface area contributed by atoms with E-state index in [1.54, 1.807) is 0 Å². The van der Waals surface area contributed by atoms with Gasteiger partial charge in [-0.1, -0.05) is 19.1 Å². The normalized spacial score (nSPS) is 10.7. The van der Waals surface area contributed by atoms with Crippen LogP contribution in [-0.4, -0.2) is 11.7 Å². The van der Waals surface area contributed by atoms with Crippen LogP contribution in [0.5, 0.6) is 5.75 Å². The number of rotatable bonds is 5. The maximum Gasteiger partial charge on any atom is 0.167 e. The Labute approximate surface area is 120 Å². The van der Waals surface area contributed by atoms with Gasteiger partial charge in [0, 0.05) is 22.8 Å². The van der Waals surface area contributed by atoms with Crippen molar-refractivity contribution in [3.05, 3.63) is 53.3 Å². The Morgan fingerprint density at radius 1 is 1.00 bits per heavy atom. The minimum absolute atomic E-state index is 0.0558. The average Bonchev–Trinajstić information content (AvgIpc) is 2.48. The lowest BCUT2D eigenvalue weighted by Gasteiger charge is -2.10. The third-order valence-electron chi connectivity index (χ3n) is 3.04. The first-order valence-corrected chi connectivity index (χ1v) is 6.59. The van der Waals surface area contributed by atoms with Gasteiger partial charge < -0.3 is 9.84 Å². The molecule has 2 nitrogen and oxygen atoms in total. The van der Waals surface area contributed by atoms with Gasteiger partial charge in [0.05, 0.1) is 13.2 Å². The predicted molar refractivity (Wildman–Crippen MR) is 73.5 cm³/mol. The smallest absolute Gasteiger partial charge is 0.167 e. The summed E-state index contributed by atoms with van der Waals surface area (Å²) in [5, 5.41) is 8.88. The second-order valence-corrected chi connectivity index (χ2v) is 4.55. The molecule has 0 aromatic heterocycles. The number of hydrogen-bond acceptors (Lipinski definition) is 2. The first-order valence-electron chi connectivity index (χ1n) is 6.59. The fourth-order valence-corrected chi connectivity index (χ4v) is 1.94. The fourth-order valence-electron chi connectivity index (χ4n) is 1.94. The topological polar surface area (TPSA) is 29.5 Å². The van der Waals surface area contributed by atoms with Crippen LogP contribution >= 0.6 is 0 Å². The third-order valence-corrected chi connectivity index (χ3v) is 3.04. The molecule has 0 saturated carbocycles. The Bertz CT molecular complexity index is 642. The van der Waals surface area contributed by atoms with Crippen LogP contribution in [0.25, 0.3) is 11.1 Å². The van der Waals surface area contributed by atoms with E-state index in [0.29, 0.717) is 12.4 Å². The molecule has 0 radical (unpaired) electrons. The molecule has 0 aliphatic rings. The Morgan fingerprint density at radius 2 is 1.71 bits per heavy atom. The molecule has 21 heavy (non-hydrogen) atoms. The van der Waals surface area contributed by atoms with Crippen molar-refractivity contribution in [1.29, 1.82) is 0 Å². The van der Waals surface area contributed by atoms with Crippen molar-refractivity contribution in [3.63, 3.8) is 0 Å². The standard InChI is InChI=1S/C16H15F3O2/c1-2-7-21-11-4-6-12(14(17)8-11)13-5-3-10(9-20)15(18)16(13)19/h3-6,8,20H,2,7,9H2,1H3. The van der Waals surface area contributed by atoms with Crippen LogP contribution in [0.1, 0.15) is 18.9 Å². The summed E-state index contributed by atoms with van der Waals surface area (Å²) in [5.41, 5.74) is -0.413. The van der Waals surface area contributed by atoms with Crippen LogP contribution in [0, 0.1) is 17.5 Å². The highest BCUT2D eigenvalue weighted by atomic mass is 19.2. The van der Waals surface area contributed by atoms with Crippen molar-refractivity contribution in [3.8, 4) is 16.9 Å². The minimum atomic E-state index is -1.18. The van der Waals surface area contributed by atoms with Crippen molar-refractivity contribution in [2.24, 2.45) is 0 Å². The van der Waals surface area contributed by atoms with E-state index in [0.717, 1.165) is 12.5 Å². The highest BCUT2D eigenvalue weighted by Gasteiger charge is 2.17. The number of benzene rings is 2. The van der Waals surface area contributed by atoms with Crippen molar-refractivity contribution in [1.82, 2.24) is 0 Å². The molecule has 2 aromatic carbocycles. The quantitative estimate of drug-likeness (QED) is 0.902. The highest BCUT2D eigenvalue weighted by molar-refractivity contribution is 5.66. The Hall–Kier alpha value is -2.01. The van der Waals surface area contributed by atoms with Gasteiger partial charge in [0.15, 0.2) is 11.6 Å². The number of hydrogen-bond donors (Lipinski definition) is 1. The Morgan fingerprint density at radius 3 is 2.33 bits per heavy atom. The van der Waals surface area contributed by atoms with Crippen LogP contribution in [0.2, 0.25) is 0 Å². The average molecular weight is 296 g/mol. The van der Waals surface area contributed by atoms with Crippen LogP contribution in [-0.2, 0) is 6.61 Å². The molecule has 0 saturated heterocycles. The van der Waals surface area contributed by atoms with Crippen molar-refractivity contribution >= 4 is 0 Å². The zero-order chi connectivity index (χ0) is 15.4. The molecule has 0 aliphatic carbocycles. The summed E-state index contributed by atoms with van der Waals surface area (Å²) in [7, 11) is 0. The molecule has 0 heterocycles. The van der Waals surface area contributed by atoms with Gasteiger partial charge in [-0.25, -0.2) is 13.2 Å². The predicted octanol–water partition coefficient (Wildman–Crippen LogP) is 4.05. The van der Waals surface area contributed by atoms with Gasteiger partial charge in [-0.15, -0.1) is 0 Å². The van der Waals surface area contributed by atoms with Gasteiger partial charge in [-0.3, -0.25) is 0 Å². The van der Waals surface area contributed by atoms with Crippen molar-refractivity contribution in [2.45, 2.75) is 20.0 Å². The molecule has 0 fully saturated rings. The van der Waals surface area contributed by atoms with E-state index in [1.807, 2.05) is 6.92 Å². The molecule has 0 atom stereocenters. The van der Waals surface area contributed by atoms with Crippen LogP contribution in [0.4, 0.5) is 13.2 Å². The molecular formula is C16H15F3O2. The molecule has 2 rings (SSSR count). The van der Waals surface area contributed by atoms with Crippen molar-refractivity contribution in [2.75, 3.05) is 6.61 Å². The number of aliphatic hydroxyl groups excluding tert-OH is 1. The Kier molecular flexibility index (Phi) is 4.85. The highest BCUT2D eigenvalue weighted by Crippen LogP contribution is 2.30. The van der Waals surface area contributed by atoms with Crippen LogP contribution < -0.4 is 4.74 Å². The first kappa shape index (κ1) is 15.4. The SMILES string of the molecule is CCCOc1ccc(-c2ccc(CO)c(F)c2F)c(F)c1. The summed E-state index contributed by atoms with van der Waals surface area (Å²) >= 11 is 0. The van der Waals surface area contributed by atoms with Gasteiger partial charge >= 0.3 is 0 Å². The zero-order valence-electron chi connectivity index (χ0n) is 11.5. The van der Waals surface area contributed by atoms with Crippen LogP contribution in [0.3, 0.4) is 0 Å². The minimum Gasteiger partial charge on any atom is -0.494 e. The van der Waals surface area contributed by atoms with E-state index in [2.05, 4.69) is 0 Å². The van der Waals surface area contributed by atoms with Crippen LogP contribution in [0.15, 0.2) is 30.3 Å². The number of aliphatic hydroxyl groups is 1. The molecule has 1 N–H and O–H groups in total. The summed E-state index contributed by atoms with van der Waals surface area (Å²) in [4.78, 5) is 0. The summed E-state index contributed by atoms with van der Waals surface area (Å²) in [6, 6.07) is 6.47.